The molecule has 2 rings (SSSR count). The van der Waals surface area contributed by atoms with Gasteiger partial charge in [-0.25, -0.2) is 4.98 Å². The Morgan fingerprint density at radius 3 is 2.65 bits per heavy atom. The van der Waals surface area contributed by atoms with E-state index in [1.54, 1.807) is 11.3 Å². The number of H-pyrrole nitrogens is 1. The number of aryl methyl sites for hydroxylation is 1. The molecule has 2 heterocycles. The minimum Gasteiger partial charge on any atom is -0.337 e. The van der Waals surface area contributed by atoms with Crippen LogP contribution < -0.4 is 0 Å². The van der Waals surface area contributed by atoms with Gasteiger partial charge in [0.15, 0.2) is 4.77 Å². The third-order valence-electron chi connectivity index (χ3n) is 2.82. The van der Waals surface area contributed by atoms with E-state index < -0.39 is 0 Å². The van der Waals surface area contributed by atoms with Crippen LogP contribution >= 0.6 is 23.6 Å². The van der Waals surface area contributed by atoms with Gasteiger partial charge in [0.2, 0.25) is 0 Å². The quantitative estimate of drug-likeness (QED) is 0.851. The van der Waals surface area contributed by atoms with E-state index in [0.29, 0.717) is 5.92 Å². The molecule has 92 valence electrons. The van der Waals surface area contributed by atoms with Gasteiger partial charge in [-0.2, -0.15) is 0 Å². The zero-order valence-corrected chi connectivity index (χ0v) is 12.2. The van der Waals surface area contributed by atoms with Crippen LogP contribution in [0, 0.1) is 11.7 Å². The highest BCUT2D eigenvalue weighted by molar-refractivity contribution is 7.71. The lowest BCUT2D eigenvalue weighted by Crippen LogP contribution is -2.11. The summed E-state index contributed by atoms with van der Waals surface area (Å²) in [5.74, 6) is 0.450. The number of rotatable bonds is 3. The monoisotopic (exact) mass is 267 g/mol. The van der Waals surface area contributed by atoms with E-state index in [1.165, 1.54) is 10.6 Å². The molecule has 0 saturated carbocycles. The highest BCUT2D eigenvalue weighted by atomic mass is 32.1. The molecule has 0 fully saturated rings. The molecule has 1 unspecified atom stereocenters. The van der Waals surface area contributed by atoms with Crippen LogP contribution in [0.15, 0.2) is 12.4 Å². The van der Waals surface area contributed by atoms with E-state index in [9.17, 15) is 0 Å². The zero-order valence-electron chi connectivity index (χ0n) is 10.5. The first-order valence-electron chi connectivity index (χ1n) is 5.73. The molecular formula is C12H17N3S2. The minimum atomic E-state index is 0.199. The SMILES string of the molecule is Cc1cnc(C(C)n2c(C(C)C)c[nH]c2=S)s1. The number of nitrogens with zero attached hydrogens (tertiary/aromatic N) is 2. The molecule has 0 aliphatic heterocycles. The number of nitrogens with one attached hydrogen (secondary N) is 1. The summed E-state index contributed by atoms with van der Waals surface area (Å²) in [7, 11) is 0. The van der Waals surface area contributed by atoms with Crippen molar-refractivity contribution in [1.29, 1.82) is 0 Å². The first-order valence-corrected chi connectivity index (χ1v) is 6.95. The number of hydrogen-bond donors (Lipinski definition) is 1. The van der Waals surface area contributed by atoms with Crippen LogP contribution in [0.1, 0.15) is 48.3 Å². The molecule has 5 heteroatoms. The Balaban J connectivity index is 2.46. The lowest BCUT2D eigenvalue weighted by atomic mass is 10.1. The van der Waals surface area contributed by atoms with Crippen molar-refractivity contribution in [2.24, 2.45) is 0 Å². The van der Waals surface area contributed by atoms with Crippen LogP contribution in [-0.4, -0.2) is 14.5 Å². The van der Waals surface area contributed by atoms with Crippen molar-refractivity contribution in [2.75, 3.05) is 0 Å². The van der Waals surface area contributed by atoms with Gasteiger partial charge in [0.05, 0.1) is 6.04 Å². The summed E-state index contributed by atoms with van der Waals surface area (Å²) in [6.45, 7) is 8.57. The van der Waals surface area contributed by atoms with Crippen molar-refractivity contribution < 1.29 is 0 Å². The third-order valence-corrected chi connectivity index (χ3v) is 4.21. The molecule has 0 amide bonds. The van der Waals surface area contributed by atoms with Gasteiger partial charge >= 0.3 is 0 Å². The van der Waals surface area contributed by atoms with Gasteiger partial charge in [0.1, 0.15) is 5.01 Å². The van der Waals surface area contributed by atoms with Gasteiger partial charge in [-0.3, -0.25) is 0 Å². The average Bonchev–Trinajstić information content (AvgIpc) is 2.83. The van der Waals surface area contributed by atoms with Crippen LogP contribution in [-0.2, 0) is 0 Å². The first kappa shape index (κ1) is 12.5. The highest BCUT2D eigenvalue weighted by Crippen LogP contribution is 2.27. The molecule has 2 aromatic rings. The summed E-state index contributed by atoms with van der Waals surface area (Å²) in [4.78, 5) is 8.82. The standard InChI is InChI=1S/C12H17N3S2/c1-7(2)10-6-14-12(16)15(10)9(4)11-13-5-8(3)17-11/h5-7,9H,1-4H3,(H,14,16). The fraction of sp³-hybridized carbons (Fsp3) is 0.500. The molecule has 0 spiro atoms. The topological polar surface area (TPSA) is 33.6 Å². The van der Waals surface area contributed by atoms with Crippen LogP contribution in [0.3, 0.4) is 0 Å². The van der Waals surface area contributed by atoms with E-state index >= 15 is 0 Å². The Labute approximate surface area is 111 Å². The molecule has 1 N–H and O–H groups in total. The average molecular weight is 267 g/mol. The summed E-state index contributed by atoms with van der Waals surface area (Å²) in [6.07, 6.45) is 3.92. The maximum Gasteiger partial charge on any atom is 0.177 e. The summed E-state index contributed by atoms with van der Waals surface area (Å²) >= 11 is 7.09. The second kappa shape index (κ2) is 4.74. The number of thiazole rings is 1. The Kier molecular flexibility index (Phi) is 3.49. The Morgan fingerprint density at radius 2 is 2.12 bits per heavy atom. The maximum atomic E-state index is 5.36. The van der Waals surface area contributed by atoms with Crippen molar-refractivity contribution in [3.8, 4) is 0 Å². The molecule has 17 heavy (non-hydrogen) atoms. The van der Waals surface area contributed by atoms with E-state index in [-0.39, 0.29) is 6.04 Å². The molecule has 0 aromatic carbocycles. The molecule has 3 nitrogen and oxygen atoms in total. The van der Waals surface area contributed by atoms with Gasteiger partial charge in [-0.15, -0.1) is 11.3 Å². The zero-order chi connectivity index (χ0) is 12.6. The van der Waals surface area contributed by atoms with Gasteiger partial charge in [-0.1, -0.05) is 13.8 Å². The predicted molar refractivity (Wildman–Crippen MR) is 74.4 cm³/mol. The van der Waals surface area contributed by atoms with Crippen LogP contribution in [0.4, 0.5) is 0 Å². The van der Waals surface area contributed by atoms with Crippen molar-refractivity contribution in [3.05, 3.63) is 32.7 Å². The summed E-state index contributed by atoms with van der Waals surface area (Å²) in [5, 5.41) is 1.11. The number of aromatic nitrogens is 3. The number of hydrogen-bond acceptors (Lipinski definition) is 3. The van der Waals surface area contributed by atoms with Crippen LogP contribution in [0.5, 0.6) is 0 Å². The largest absolute Gasteiger partial charge is 0.337 e. The summed E-state index contributed by atoms with van der Waals surface area (Å²) in [6, 6.07) is 0.199. The van der Waals surface area contributed by atoms with Crippen LogP contribution in [0.25, 0.3) is 0 Å². The van der Waals surface area contributed by atoms with Crippen LogP contribution in [0.2, 0.25) is 0 Å². The second-order valence-electron chi connectivity index (χ2n) is 4.53. The van der Waals surface area contributed by atoms with Gasteiger partial charge < -0.3 is 9.55 Å². The minimum absolute atomic E-state index is 0.199. The van der Waals surface area contributed by atoms with Gasteiger partial charge in [0, 0.05) is 23.0 Å². The van der Waals surface area contributed by atoms with Gasteiger partial charge in [-0.05, 0) is 32.0 Å². The molecule has 0 aliphatic carbocycles. The third kappa shape index (κ3) is 2.35. The first-order chi connectivity index (χ1) is 8.00. The van der Waals surface area contributed by atoms with E-state index in [2.05, 4.69) is 42.2 Å². The normalized spacial score (nSPS) is 13.2. The lowest BCUT2D eigenvalue weighted by molar-refractivity contribution is 0.579. The smallest absolute Gasteiger partial charge is 0.177 e. The fourth-order valence-corrected chi connectivity index (χ4v) is 3.05. The molecule has 2 aromatic heterocycles. The van der Waals surface area contributed by atoms with Gasteiger partial charge in [0.25, 0.3) is 0 Å². The Morgan fingerprint density at radius 1 is 1.41 bits per heavy atom. The predicted octanol–water partition coefficient (Wildman–Crippen LogP) is 4.04. The van der Waals surface area contributed by atoms with E-state index in [4.69, 9.17) is 12.2 Å². The van der Waals surface area contributed by atoms with E-state index in [1.807, 2.05) is 12.4 Å². The molecule has 0 bridgehead atoms. The Bertz CT molecular complexity index is 562. The van der Waals surface area contributed by atoms with Crippen molar-refractivity contribution in [1.82, 2.24) is 14.5 Å². The maximum absolute atomic E-state index is 5.36. The van der Waals surface area contributed by atoms with Crippen molar-refractivity contribution in [3.63, 3.8) is 0 Å². The molecule has 0 saturated heterocycles. The highest BCUT2D eigenvalue weighted by Gasteiger charge is 2.17. The Hall–Kier alpha value is -0.940. The fourth-order valence-electron chi connectivity index (χ4n) is 1.91. The lowest BCUT2D eigenvalue weighted by Gasteiger charge is -2.16. The number of aromatic amines is 1. The molecule has 1 atom stereocenters. The number of imidazole rings is 1. The molecular weight excluding hydrogens is 250 g/mol. The summed E-state index contributed by atoms with van der Waals surface area (Å²) < 4.78 is 2.94. The second-order valence-corrected chi connectivity index (χ2v) is 6.18. The molecule has 0 radical (unpaired) electrons. The van der Waals surface area contributed by atoms with Crippen molar-refractivity contribution in [2.45, 2.75) is 39.7 Å². The van der Waals surface area contributed by atoms with Crippen molar-refractivity contribution >= 4 is 23.6 Å². The summed E-state index contributed by atoms with van der Waals surface area (Å²) in [5.41, 5.74) is 1.23. The van der Waals surface area contributed by atoms with E-state index in [0.717, 1.165) is 9.78 Å². The molecule has 0 aliphatic rings.